The molecule has 0 aliphatic heterocycles. The molecule has 0 aliphatic rings. The van der Waals surface area contributed by atoms with E-state index in [0.717, 1.165) is 10.3 Å². The van der Waals surface area contributed by atoms with E-state index < -0.39 is 11.7 Å². The van der Waals surface area contributed by atoms with Gasteiger partial charge in [-0.1, -0.05) is 6.07 Å². The molecule has 118 valence electrons. The molecule has 5 nitrogen and oxygen atoms in total. The maximum Gasteiger partial charge on any atom is 0.407 e. The first-order valence-corrected chi connectivity index (χ1v) is 7.70. The van der Waals surface area contributed by atoms with Crippen molar-refractivity contribution >= 4 is 22.0 Å². The third-order valence-electron chi connectivity index (χ3n) is 2.59. The highest BCUT2D eigenvalue weighted by Crippen LogP contribution is 2.09. The van der Waals surface area contributed by atoms with Crippen molar-refractivity contribution in [1.82, 2.24) is 15.6 Å². The predicted octanol–water partition coefficient (Wildman–Crippen LogP) is 3.24. The Labute approximate surface area is 135 Å². The van der Waals surface area contributed by atoms with E-state index in [9.17, 15) is 4.79 Å². The van der Waals surface area contributed by atoms with Crippen molar-refractivity contribution in [3.63, 3.8) is 0 Å². The van der Waals surface area contributed by atoms with Crippen molar-refractivity contribution in [1.29, 1.82) is 0 Å². The summed E-state index contributed by atoms with van der Waals surface area (Å²) in [5.74, 6) is 0. The van der Waals surface area contributed by atoms with Crippen molar-refractivity contribution in [2.45, 2.75) is 52.3 Å². The first kappa shape index (κ1) is 17.9. The average molecular weight is 358 g/mol. The number of nitrogens with one attached hydrogen (secondary N) is 2. The first-order chi connectivity index (χ1) is 9.57. The number of hydrogen-bond donors (Lipinski definition) is 2. The van der Waals surface area contributed by atoms with Gasteiger partial charge in [-0.05, 0) is 62.7 Å². The molecule has 0 radical (unpaired) electrons. The number of alkyl carbamates (subject to hydrolysis) is 1. The van der Waals surface area contributed by atoms with E-state index >= 15 is 0 Å². The molecule has 1 rings (SSSR count). The minimum absolute atomic E-state index is 0.263. The molecular weight excluding hydrogens is 334 g/mol. The molecule has 1 aromatic heterocycles. The number of aromatic nitrogens is 1. The molecule has 0 bridgehead atoms. The maximum absolute atomic E-state index is 11.6. The zero-order valence-electron chi connectivity index (χ0n) is 13.3. The number of rotatable bonds is 5. The second-order valence-electron chi connectivity index (χ2n) is 6.54. The summed E-state index contributed by atoms with van der Waals surface area (Å²) in [7, 11) is 0. The van der Waals surface area contributed by atoms with Crippen LogP contribution in [0.25, 0.3) is 0 Å². The van der Waals surface area contributed by atoms with Gasteiger partial charge in [0.15, 0.2) is 0 Å². The molecule has 0 spiro atoms. The molecule has 2 N–H and O–H groups in total. The molecule has 6 heteroatoms. The summed E-state index contributed by atoms with van der Waals surface area (Å²) in [5.41, 5.74) is 0.192. The molecule has 1 amide bonds. The minimum Gasteiger partial charge on any atom is -0.444 e. The average Bonchev–Trinajstić information content (AvgIpc) is 2.33. The molecule has 0 saturated carbocycles. The summed E-state index contributed by atoms with van der Waals surface area (Å²) >= 11 is 3.35. The smallest absolute Gasteiger partial charge is 0.407 e. The summed E-state index contributed by atoms with van der Waals surface area (Å²) in [6, 6.07) is 5.79. The van der Waals surface area contributed by atoms with Gasteiger partial charge in [-0.2, -0.15) is 0 Å². The molecule has 0 fully saturated rings. The van der Waals surface area contributed by atoms with Crippen LogP contribution in [0.2, 0.25) is 0 Å². The molecular formula is C15H24BrN3O2. The lowest BCUT2D eigenvalue weighted by Crippen LogP contribution is -2.49. The number of ether oxygens (including phenoxy) is 1. The Morgan fingerprint density at radius 3 is 2.52 bits per heavy atom. The molecule has 0 atom stereocenters. The monoisotopic (exact) mass is 357 g/mol. The van der Waals surface area contributed by atoms with E-state index in [1.807, 2.05) is 52.8 Å². The van der Waals surface area contributed by atoms with Crippen molar-refractivity contribution in [3.05, 3.63) is 28.5 Å². The minimum atomic E-state index is -0.484. The van der Waals surface area contributed by atoms with Crippen LogP contribution >= 0.6 is 15.9 Å². The van der Waals surface area contributed by atoms with Crippen LogP contribution in [0, 0.1) is 0 Å². The van der Waals surface area contributed by atoms with Gasteiger partial charge in [-0.3, -0.25) is 0 Å². The number of halogens is 1. The molecule has 21 heavy (non-hydrogen) atoms. The molecule has 0 aliphatic carbocycles. The van der Waals surface area contributed by atoms with Crippen molar-refractivity contribution in [2.24, 2.45) is 0 Å². The Hall–Kier alpha value is -1.14. The summed E-state index contributed by atoms with van der Waals surface area (Å²) in [6.45, 7) is 10.7. The van der Waals surface area contributed by atoms with Gasteiger partial charge in [0.25, 0.3) is 0 Å². The van der Waals surface area contributed by atoms with Crippen LogP contribution in [0.3, 0.4) is 0 Å². The molecule has 0 aromatic carbocycles. The number of carbonyl (C=O) groups is 1. The third kappa shape index (κ3) is 8.02. The van der Waals surface area contributed by atoms with Crippen LogP contribution in [-0.4, -0.2) is 28.8 Å². The molecule has 1 heterocycles. The zero-order chi connectivity index (χ0) is 16.1. The third-order valence-corrected chi connectivity index (χ3v) is 3.04. The van der Waals surface area contributed by atoms with Gasteiger partial charge in [-0.15, -0.1) is 0 Å². The maximum atomic E-state index is 11.6. The van der Waals surface area contributed by atoms with Crippen LogP contribution in [0.1, 0.15) is 40.3 Å². The quantitative estimate of drug-likeness (QED) is 0.794. The Morgan fingerprint density at radius 1 is 1.29 bits per heavy atom. The summed E-state index contributed by atoms with van der Waals surface area (Å²) < 4.78 is 6.03. The van der Waals surface area contributed by atoms with Crippen molar-refractivity contribution in [2.75, 3.05) is 6.54 Å². The van der Waals surface area contributed by atoms with E-state index in [2.05, 4.69) is 31.5 Å². The Bertz CT molecular complexity index is 484. The van der Waals surface area contributed by atoms with E-state index in [1.165, 1.54) is 0 Å². The fourth-order valence-electron chi connectivity index (χ4n) is 1.55. The lowest BCUT2D eigenvalue weighted by atomic mass is 10.1. The lowest BCUT2D eigenvalue weighted by molar-refractivity contribution is 0.0513. The predicted molar refractivity (Wildman–Crippen MR) is 87.1 cm³/mol. The molecule has 0 saturated heterocycles. The van der Waals surface area contributed by atoms with Crippen LogP contribution in [0.5, 0.6) is 0 Å². The number of nitrogens with zero attached hydrogens (tertiary/aromatic N) is 1. The van der Waals surface area contributed by atoms with Gasteiger partial charge in [-0.25, -0.2) is 9.78 Å². The van der Waals surface area contributed by atoms with E-state index in [4.69, 9.17) is 4.74 Å². The summed E-state index contributed by atoms with van der Waals surface area (Å²) in [4.78, 5) is 16.0. The second-order valence-corrected chi connectivity index (χ2v) is 7.36. The van der Waals surface area contributed by atoms with E-state index in [1.54, 1.807) is 0 Å². The summed E-state index contributed by atoms with van der Waals surface area (Å²) in [6.07, 6.45) is -0.405. The standard InChI is InChI=1S/C15H24BrN3O2/c1-14(2,3)21-13(20)17-10-15(4,5)18-9-11-7-6-8-12(16)19-11/h6-8,18H,9-10H2,1-5H3,(H,17,20). The zero-order valence-corrected chi connectivity index (χ0v) is 14.9. The number of pyridine rings is 1. The summed E-state index contributed by atoms with van der Waals surface area (Å²) in [5, 5.41) is 6.14. The van der Waals surface area contributed by atoms with Crippen LogP contribution in [0.4, 0.5) is 4.79 Å². The van der Waals surface area contributed by atoms with Crippen LogP contribution in [-0.2, 0) is 11.3 Å². The van der Waals surface area contributed by atoms with E-state index in [-0.39, 0.29) is 5.54 Å². The fraction of sp³-hybridized carbons (Fsp3) is 0.600. The highest BCUT2D eigenvalue weighted by atomic mass is 79.9. The van der Waals surface area contributed by atoms with Gasteiger partial charge >= 0.3 is 6.09 Å². The van der Waals surface area contributed by atoms with Crippen LogP contribution in [0.15, 0.2) is 22.8 Å². The lowest BCUT2D eigenvalue weighted by Gasteiger charge is -2.27. The fourth-order valence-corrected chi connectivity index (χ4v) is 1.93. The largest absolute Gasteiger partial charge is 0.444 e. The van der Waals surface area contributed by atoms with Crippen molar-refractivity contribution in [3.8, 4) is 0 Å². The highest BCUT2D eigenvalue weighted by Gasteiger charge is 2.21. The highest BCUT2D eigenvalue weighted by molar-refractivity contribution is 9.10. The van der Waals surface area contributed by atoms with Gasteiger partial charge in [0.2, 0.25) is 0 Å². The van der Waals surface area contributed by atoms with Gasteiger partial charge in [0, 0.05) is 18.6 Å². The van der Waals surface area contributed by atoms with E-state index in [0.29, 0.717) is 13.1 Å². The Balaban J connectivity index is 2.41. The SMILES string of the molecule is CC(C)(CNC(=O)OC(C)(C)C)NCc1cccc(Br)n1. The van der Waals surface area contributed by atoms with Gasteiger partial charge in [0.05, 0.1) is 5.69 Å². The Kier molecular flexibility index (Phi) is 6.16. The molecule has 1 aromatic rings. The number of amides is 1. The normalized spacial score (nSPS) is 12.1. The number of carbonyl (C=O) groups excluding carboxylic acids is 1. The second kappa shape index (κ2) is 7.22. The van der Waals surface area contributed by atoms with Crippen LogP contribution < -0.4 is 10.6 Å². The molecule has 0 unspecified atom stereocenters. The van der Waals surface area contributed by atoms with Gasteiger partial charge < -0.3 is 15.4 Å². The van der Waals surface area contributed by atoms with Crippen molar-refractivity contribution < 1.29 is 9.53 Å². The first-order valence-electron chi connectivity index (χ1n) is 6.91. The Morgan fingerprint density at radius 2 is 1.95 bits per heavy atom. The van der Waals surface area contributed by atoms with Gasteiger partial charge in [0.1, 0.15) is 10.2 Å². The number of hydrogen-bond acceptors (Lipinski definition) is 4. The topological polar surface area (TPSA) is 63.2 Å².